The van der Waals surface area contributed by atoms with Crippen LogP contribution in [0.5, 0.6) is 5.75 Å². The Kier molecular flexibility index (Phi) is 5.08. The summed E-state index contributed by atoms with van der Waals surface area (Å²) in [4.78, 5) is 11.7. The highest BCUT2D eigenvalue weighted by Crippen LogP contribution is 2.38. The molecule has 1 aromatic carbocycles. The van der Waals surface area contributed by atoms with Crippen LogP contribution in [0.2, 0.25) is 0 Å². The van der Waals surface area contributed by atoms with Gasteiger partial charge in [0.15, 0.2) is 0 Å². The number of primary amides is 1. The number of nitrogens with two attached hydrogens (primary N) is 1. The van der Waals surface area contributed by atoms with Crippen molar-refractivity contribution >= 4 is 19.1 Å². The molecule has 1 amide bonds. The van der Waals surface area contributed by atoms with E-state index in [-0.39, 0.29) is 6.61 Å². The largest absolute Gasteiger partial charge is 0.497 e. The van der Waals surface area contributed by atoms with Crippen molar-refractivity contribution in [2.75, 3.05) is 13.7 Å². The van der Waals surface area contributed by atoms with E-state index in [0.717, 1.165) is 0 Å². The third-order valence-corrected chi connectivity index (χ3v) is 4.61. The lowest BCUT2D eigenvalue weighted by molar-refractivity contribution is 0.00578. The number of carbonyl (C=O) groups is 1. The van der Waals surface area contributed by atoms with Gasteiger partial charge in [0.25, 0.3) is 0 Å². The van der Waals surface area contributed by atoms with Gasteiger partial charge in [-0.25, -0.2) is 0 Å². The first kappa shape index (κ1) is 18.5. The molecule has 7 heteroatoms. The van der Waals surface area contributed by atoms with E-state index in [1.807, 2.05) is 27.7 Å². The van der Waals surface area contributed by atoms with E-state index in [1.54, 1.807) is 24.3 Å². The standard InChI is InChI=1S/C17H24BNO5/c1-16(2)17(3,4)24-18(23-16)12(10-20)8-11-6-7-13(22-5)9-14(11)15(19)21/h6-9,20H,10H2,1-5H3,(H2,19,21). The van der Waals surface area contributed by atoms with E-state index in [0.29, 0.717) is 22.3 Å². The molecule has 1 saturated heterocycles. The number of aliphatic hydroxyl groups excluding tert-OH is 1. The third kappa shape index (κ3) is 3.48. The molecule has 3 N–H and O–H groups in total. The van der Waals surface area contributed by atoms with Gasteiger partial charge in [-0.2, -0.15) is 0 Å². The highest BCUT2D eigenvalue weighted by atomic mass is 16.7. The van der Waals surface area contributed by atoms with Crippen LogP contribution in [0.4, 0.5) is 0 Å². The van der Waals surface area contributed by atoms with Gasteiger partial charge in [0, 0.05) is 5.56 Å². The Bertz CT molecular complexity index is 653. The van der Waals surface area contributed by atoms with Gasteiger partial charge >= 0.3 is 7.12 Å². The maximum Gasteiger partial charge on any atom is 0.492 e. The number of hydrogen-bond acceptors (Lipinski definition) is 5. The molecule has 0 spiro atoms. The van der Waals surface area contributed by atoms with E-state index >= 15 is 0 Å². The second kappa shape index (κ2) is 6.59. The molecule has 0 aromatic heterocycles. The van der Waals surface area contributed by atoms with Crippen LogP contribution in [-0.4, -0.2) is 43.1 Å². The molecule has 1 heterocycles. The topological polar surface area (TPSA) is 91.0 Å². The number of ether oxygens (including phenoxy) is 1. The van der Waals surface area contributed by atoms with Crippen molar-refractivity contribution in [3.8, 4) is 5.75 Å². The highest BCUT2D eigenvalue weighted by Gasteiger charge is 2.52. The van der Waals surface area contributed by atoms with Crippen LogP contribution in [0.15, 0.2) is 23.7 Å². The smallest absolute Gasteiger partial charge is 0.492 e. The number of hydrogen-bond donors (Lipinski definition) is 2. The molecule has 0 atom stereocenters. The average molecular weight is 333 g/mol. The first-order chi connectivity index (χ1) is 11.1. The van der Waals surface area contributed by atoms with Crippen molar-refractivity contribution < 1.29 is 23.9 Å². The van der Waals surface area contributed by atoms with Crippen molar-refractivity contribution in [3.05, 3.63) is 34.8 Å². The molecule has 24 heavy (non-hydrogen) atoms. The molecule has 2 rings (SSSR count). The van der Waals surface area contributed by atoms with Gasteiger partial charge in [0.05, 0.1) is 24.9 Å². The van der Waals surface area contributed by atoms with Crippen LogP contribution in [0.3, 0.4) is 0 Å². The summed E-state index contributed by atoms with van der Waals surface area (Å²) < 4.78 is 17.0. The maximum atomic E-state index is 11.7. The van der Waals surface area contributed by atoms with Crippen molar-refractivity contribution in [1.82, 2.24) is 0 Å². The van der Waals surface area contributed by atoms with Gasteiger partial charge in [-0.15, -0.1) is 0 Å². The summed E-state index contributed by atoms with van der Waals surface area (Å²) in [5, 5.41) is 9.75. The summed E-state index contributed by atoms with van der Waals surface area (Å²) in [5.41, 5.74) is 5.80. The van der Waals surface area contributed by atoms with E-state index < -0.39 is 24.2 Å². The Balaban J connectivity index is 2.40. The molecule has 0 radical (unpaired) electrons. The normalized spacial score (nSPS) is 19.4. The molecule has 130 valence electrons. The lowest BCUT2D eigenvalue weighted by Gasteiger charge is -2.32. The maximum absolute atomic E-state index is 11.7. The quantitative estimate of drug-likeness (QED) is 0.802. The zero-order valence-corrected chi connectivity index (χ0v) is 14.8. The summed E-state index contributed by atoms with van der Waals surface area (Å²) in [6, 6.07) is 4.99. The second-order valence-corrected chi connectivity index (χ2v) is 6.78. The monoisotopic (exact) mass is 333 g/mol. The Morgan fingerprint density at radius 2 is 1.88 bits per heavy atom. The van der Waals surface area contributed by atoms with Crippen molar-refractivity contribution in [3.63, 3.8) is 0 Å². The average Bonchev–Trinajstić information content (AvgIpc) is 2.72. The molecular formula is C17H24BNO5. The molecular weight excluding hydrogens is 309 g/mol. The number of benzene rings is 1. The van der Waals surface area contributed by atoms with E-state index in [4.69, 9.17) is 19.8 Å². The molecule has 1 aromatic rings. The molecule has 0 unspecified atom stereocenters. The minimum atomic E-state index is -0.692. The first-order valence-electron chi connectivity index (χ1n) is 7.76. The molecule has 1 aliphatic rings. The zero-order chi connectivity index (χ0) is 18.1. The van der Waals surface area contributed by atoms with Crippen LogP contribution < -0.4 is 10.5 Å². The first-order valence-corrected chi connectivity index (χ1v) is 7.76. The predicted molar refractivity (Wildman–Crippen MR) is 92.7 cm³/mol. The van der Waals surface area contributed by atoms with Gasteiger partial charge in [0.2, 0.25) is 5.91 Å². The summed E-state index contributed by atoms with van der Waals surface area (Å²) in [5.74, 6) is -0.0477. The number of rotatable bonds is 5. The number of amides is 1. The lowest BCUT2D eigenvalue weighted by Crippen LogP contribution is -2.41. The van der Waals surface area contributed by atoms with Gasteiger partial charge < -0.3 is 24.9 Å². The number of aliphatic hydroxyl groups is 1. The predicted octanol–water partition coefficient (Wildman–Crippen LogP) is 1.80. The Labute approximate surface area is 142 Å². The molecule has 1 aliphatic heterocycles. The van der Waals surface area contributed by atoms with Crippen molar-refractivity contribution in [1.29, 1.82) is 0 Å². The highest BCUT2D eigenvalue weighted by molar-refractivity contribution is 6.55. The SMILES string of the molecule is COc1ccc(C=C(CO)B2OC(C)(C)C(C)(C)O2)c(C(N)=O)c1. The summed E-state index contributed by atoms with van der Waals surface area (Å²) in [6.07, 6.45) is 1.67. The number of methoxy groups -OCH3 is 1. The third-order valence-electron chi connectivity index (χ3n) is 4.61. The minimum absolute atomic E-state index is 0.263. The van der Waals surface area contributed by atoms with Crippen LogP contribution in [0.25, 0.3) is 6.08 Å². The summed E-state index contributed by atoms with van der Waals surface area (Å²) >= 11 is 0. The van der Waals surface area contributed by atoms with Gasteiger partial charge in [-0.05, 0) is 50.9 Å². The van der Waals surface area contributed by atoms with Gasteiger partial charge in [-0.3, -0.25) is 4.79 Å². The van der Waals surface area contributed by atoms with Crippen LogP contribution >= 0.6 is 0 Å². The van der Waals surface area contributed by atoms with Crippen molar-refractivity contribution in [2.45, 2.75) is 38.9 Å². The fourth-order valence-corrected chi connectivity index (χ4v) is 2.38. The molecule has 1 fully saturated rings. The Morgan fingerprint density at radius 3 is 2.33 bits per heavy atom. The van der Waals surface area contributed by atoms with Gasteiger partial charge in [-0.1, -0.05) is 12.1 Å². The minimum Gasteiger partial charge on any atom is -0.497 e. The molecule has 0 saturated carbocycles. The number of carbonyl (C=O) groups excluding carboxylic acids is 1. The van der Waals surface area contributed by atoms with E-state index in [1.165, 1.54) is 7.11 Å². The Hall–Kier alpha value is -1.83. The van der Waals surface area contributed by atoms with Crippen molar-refractivity contribution in [2.24, 2.45) is 5.73 Å². The molecule has 0 aliphatic carbocycles. The molecule has 0 bridgehead atoms. The summed E-state index contributed by atoms with van der Waals surface area (Å²) in [7, 11) is 0.821. The van der Waals surface area contributed by atoms with Crippen LogP contribution in [-0.2, 0) is 9.31 Å². The van der Waals surface area contributed by atoms with Crippen LogP contribution in [0.1, 0.15) is 43.6 Å². The van der Waals surface area contributed by atoms with Gasteiger partial charge in [0.1, 0.15) is 5.75 Å². The zero-order valence-electron chi connectivity index (χ0n) is 14.8. The van der Waals surface area contributed by atoms with E-state index in [9.17, 15) is 9.90 Å². The summed E-state index contributed by atoms with van der Waals surface area (Å²) in [6.45, 7) is 7.48. The van der Waals surface area contributed by atoms with Crippen LogP contribution in [0, 0.1) is 0 Å². The fourth-order valence-electron chi connectivity index (χ4n) is 2.38. The fraction of sp³-hybridized carbons (Fsp3) is 0.471. The Morgan fingerprint density at radius 1 is 1.29 bits per heavy atom. The molecule has 6 nitrogen and oxygen atoms in total. The lowest BCUT2D eigenvalue weighted by atomic mass is 9.77. The van der Waals surface area contributed by atoms with E-state index in [2.05, 4.69) is 0 Å². The second-order valence-electron chi connectivity index (χ2n) is 6.78.